The monoisotopic (exact) mass is 482 g/mol. The maximum absolute atomic E-state index is 13.2. The fraction of sp³-hybridized carbons (Fsp3) is 0.269. The van der Waals surface area contributed by atoms with E-state index in [1.165, 1.54) is 11.0 Å². The highest BCUT2D eigenvalue weighted by Gasteiger charge is 2.22. The molecule has 180 valence electrons. The van der Waals surface area contributed by atoms with Crippen LogP contribution in [0.1, 0.15) is 32.6 Å². The van der Waals surface area contributed by atoms with E-state index in [4.69, 9.17) is 9.47 Å². The van der Waals surface area contributed by atoms with Crippen LogP contribution in [0, 0.1) is 20.8 Å². The highest BCUT2D eigenvalue weighted by atomic mass is 32.2. The molecule has 0 bridgehead atoms. The Kier molecular flexibility index (Phi) is 7.51. The van der Waals surface area contributed by atoms with Crippen molar-refractivity contribution in [2.45, 2.75) is 32.2 Å². The molecule has 0 saturated carbocycles. The number of aryl methyl sites for hydroxylation is 2. The van der Waals surface area contributed by atoms with E-state index in [9.17, 15) is 13.2 Å². The normalized spacial score (nSPS) is 11.1. The van der Waals surface area contributed by atoms with Gasteiger partial charge in [-0.05, 0) is 73.4 Å². The number of rotatable bonds is 8. The van der Waals surface area contributed by atoms with Gasteiger partial charge in [-0.3, -0.25) is 9.52 Å². The molecule has 1 amide bonds. The van der Waals surface area contributed by atoms with E-state index in [-0.39, 0.29) is 16.4 Å². The number of benzene rings is 3. The second-order valence-electron chi connectivity index (χ2n) is 8.18. The van der Waals surface area contributed by atoms with Gasteiger partial charge in [0.25, 0.3) is 15.9 Å². The van der Waals surface area contributed by atoms with Gasteiger partial charge in [0.15, 0.2) is 11.5 Å². The van der Waals surface area contributed by atoms with Crippen LogP contribution in [0.2, 0.25) is 0 Å². The molecule has 0 radical (unpaired) electrons. The molecule has 0 aliphatic carbocycles. The first-order valence-corrected chi connectivity index (χ1v) is 12.2. The summed E-state index contributed by atoms with van der Waals surface area (Å²) in [5.74, 6) is 0.880. The van der Waals surface area contributed by atoms with E-state index < -0.39 is 10.0 Å². The maximum Gasteiger partial charge on any atom is 0.262 e. The van der Waals surface area contributed by atoms with Gasteiger partial charge in [0, 0.05) is 19.2 Å². The minimum atomic E-state index is -3.89. The fourth-order valence-electron chi connectivity index (χ4n) is 3.63. The zero-order chi connectivity index (χ0) is 25.0. The average Bonchev–Trinajstić information content (AvgIpc) is 2.81. The first-order valence-electron chi connectivity index (χ1n) is 10.7. The molecule has 0 fully saturated rings. The minimum absolute atomic E-state index is 0.0683. The number of ether oxygens (including phenoxy) is 2. The minimum Gasteiger partial charge on any atom is -0.493 e. The van der Waals surface area contributed by atoms with E-state index in [1.54, 1.807) is 58.5 Å². The standard InChI is InChI=1S/C26H30N2O5S/c1-17-8-7-9-22(19(17)3)27-34(30,31)25-15-21(12-10-18(25)2)26(29)28(4)16-20-11-13-23(32-5)24(14-20)33-6/h7-15,27H,16H2,1-6H3. The maximum atomic E-state index is 13.2. The van der Waals surface area contributed by atoms with E-state index in [1.807, 2.05) is 32.0 Å². The first kappa shape index (κ1) is 25.1. The zero-order valence-corrected chi connectivity index (χ0v) is 21.1. The Bertz CT molecular complexity index is 1320. The van der Waals surface area contributed by atoms with Crippen LogP contribution in [0.25, 0.3) is 0 Å². The topological polar surface area (TPSA) is 84.9 Å². The second-order valence-corrected chi connectivity index (χ2v) is 9.83. The Balaban J connectivity index is 1.86. The van der Waals surface area contributed by atoms with Gasteiger partial charge in [0.2, 0.25) is 0 Å². The second kappa shape index (κ2) is 10.2. The molecule has 34 heavy (non-hydrogen) atoms. The molecule has 7 nitrogen and oxygen atoms in total. The van der Waals surface area contributed by atoms with Crippen molar-refractivity contribution in [1.29, 1.82) is 0 Å². The number of nitrogens with zero attached hydrogens (tertiary/aromatic N) is 1. The van der Waals surface area contributed by atoms with Gasteiger partial charge in [-0.15, -0.1) is 0 Å². The molecule has 3 aromatic rings. The fourth-order valence-corrected chi connectivity index (χ4v) is 5.02. The molecular weight excluding hydrogens is 452 g/mol. The van der Waals surface area contributed by atoms with E-state index >= 15 is 0 Å². The SMILES string of the molecule is COc1ccc(CN(C)C(=O)c2ccc(C)c(S(=O)(=O)Nc3cccc(C)c3C)c2)cc1OC. The summed E-state index contributed by atoms with van der Waals surface area (Å²) in [4.78, 5) is 14.7. The summed E-state index contributed by atoms with van der Waals surface area (Å²) in [5, 5.41) is 0. The number of methoxy groups -OCH3 is 2. The number of nitrogens with one attached hydrogen (secondary N) is 1. The number of amides is 1. The van der Waals surface area contributed by atoms with Gasteiger partial charge in [-0.2, -0.15) is 0 Å². The molecule has 3 rings (SSSR count). The lowest BCUT2D eigenvalue weighted by Gasteiger charge is -2.19. The van der Waals surface area contributed by atoms with Crippen molar-refractivity contribution in [3.05, 3.63) is 82.4 Å². The Labute approximate surface area is 201 Å². The van der Waals surface area contributed by atoms with Crippen LogP contribution < -0.4 is 14.2 Å². The third kappa shape index (κ3) is 5.34. The highest BCUT2D eigenvalue weighted by Crippen LogP contribution is 2.28. The number of carbonyl (C=O) groups is 1. The van der Waals surface area contributed by atoms with Crippen LogP contribution in [0.3, 0.4) is 0 Å². The summed E-state index contributed by atoms with van der Waals surface area (Å²) in [5.41, 5.74) is 4.04. The summed E-state index contributed by atoms with van der Waals surface area (Å²) >= 11 is 0. The summed E-state index contributed by atoms with van der Waals surface area (Å²) in [7, 11) is 0.890. The Morgan fingerprint density at radius 2 is 1.62 bits per heavy atom. The number of anilines is 1. The summed E-state index contributed by atoms with van der Waals surface area (Å²) in [6.07, 6.45) is 0. The van der Waals surface area contributed by atoms with Crippen LogP contribution in [0.4, 0.5) is 5.69 Å². The Morgan fingerprint density at radius 3 is 2.29 bits per heavy atom. The van der Waals surface area contributed by atoms with Crippen molar-refractivity contribution < 1.29 is 22.7 Å². The molecule has 0 aliphatic rings. The quantitative estimate of drug-likeness (QED) is 0.503. The molecule has 8 heteroatoms. The van der Waals surface area contributed by atoms with E-state index in [0.29, 0.717) is 29.3 Å². The number of hydrogen-bond donors (Lipinski definition) is 1. The third-order valence-electron chi connectivity index (χ3n) is 5.79. The third-order valence-corrected chi connectivity index (χ3v) is 7.30. The van der Waals surface area contributed by atoms with Gasteiger partial charge in [-0.1, -0.05) is 24.3 Å². The molecule has 0 aliphatic heterocycles. The summed E-state index contributed by atoms with van der Waals surface area (Å²) < 4.78 is 39.6. The largest absolute Gasteiger partial charge is 0.493 e. The number of hydrogen-bond acceptors (Lipinski definition) is 5. The van der Waals surface area contributed by atoms with Gasteiger partial charge in [0.1, 0.15) is 0 Å². The van der Waals surface area contributed by atoms with Crippen molar-refractivity contribution in [3.63, 3.8) is 0 Å². The van der Waals surface area contributed by atoms with Crippen LogP contribution in [-0.4, -0.2) is 40.5 Å². The van der Waals surface area contributed by atoms with Crippen molar-refractivity contribution in [2.75, 3.05) is 26.0 Å². The predicted octanol–water partition coefficient (Wildman–Crippen LogP) is 4.70. The molecule has 0 heterocycles. The van der Waals surface area contributed by atoms with Crippen LogP contribution in [-0.2, 0) is 16.6 Å². The first-order chi connectivity index (χ1) is 16.1. The molecule has 0 saturated heterocycles. The number of sulfonamides is 1. The van der Waals surface area contributed by atoms with Crippen LogP contribution >= 0.6 is 0 Å². The van der Waals surface area contributed by atoms with Crippen molar-refractivity contribution >= 4 is 21.6 Å². The molecule has 0 aromatic heterocycles. The van der Waals surface area contributed by atoms with Gasteiger partial charge in [0.05, 0.1) is 24.8 Å². The lowest BCUT2D eigenvalue weighted by atomic mass is 10.1. The van der Waals surface area contributed by atoms with Crippen LogP contribution in [0.15, 0.2) is 59.5 Å². The molecule has 0 spiro atoms. The highest BCUT2D eigenvalue weighted by molar-refractivity contribution is 7.92. The predicted molar refractivity (Wildman–Crippen MR) is 133 cm³/mol. The Morgan fingerprint density at radius 1 is 0.912 bits per heavy atom. The molecule has 0 atom stereocenters. The number of carbonyl (C=O) groups excluding carboxylic acids is 1. The van der Waals surface area contributed by atoms with Crippen LogP contribution in [0.5, 0.6) is 11.5 Å². The summed E-state index contributed by atoms with van der Waals surface area (Å²) in [6, 6.07) is 15.6. The van der Waals surface area contributed by atoms with Gasteiger partial charge in [-0.25, -0.2) is 8.42 Å². The van der Waals surface area contributed by atoms with Gasteiger partial charge < -0.3 is 14.4 Å². The molecule has 1 N–H and O–H groups in total. The molecular formula is C26H30N2O5S. The zero-order valence-electron chi connectivity index (χ0n) is 20.3. The smallest absolute Gasteiger partial charge is 0.262 e. The summed E-state index contributed by atoms with van der Waals surface area (Å²) in [6.45, 7) is 5.81. The van der Waals surface area contributed by atoms with Crippen molar-refractivity contribution in [1.82, 2.24) is 4.90 Å². The lowest BCUT2D eigenvalue weighted by molar-refractivity contribution is 0.0784. The molecule has 0 unspecified atom stereocenters. The lowest BCUT2D eigenvalue weighted by Crippen LogP contribution is -2.26. The van der Waals surface area contributed by atoms with E-state index in [0.717, 1.165) is 16.7 Å². The van der Waals surface area contributed by atoms with Crippen molar-refractivity contribution in [2.24, 2.45) is 0 Å². The van der Waals surface area contributed by atoms with E-state index in [2.05, 4.69) is 4.72 Å². The molecule has 3 aromatic carbocycles. The Hall–Kier alpha value is -3.52. The van der Waals surface area contributed by atoms with Gasteiger partial charge >= 0.3 is 0 Å². The van der Waals surface area contributed by atoms with Crippen molar-refractivity contribution in [3.8, 4) is 11.5 Å². The average molecular weight is 483 g/mol.